The smallest absolute Gasteiger partial charge is 0.472 e. The highest BCUT2D eigenvalue weighted by atomic mass is 31.2. The van der Waals surface area contributed by atoms with E-state index in [1.165, 1.54) is 12.8 Å². The van der Waals surface area contributed by atoms with Crippen LogP contribution in [0.15, 0.2) is 85.1 Å². The van der Waals surface area contributed by atoms with Gasteiger partial charge in [0, 0.05) is 12.8 Å². The van der Waals surface area contributed by atoms with Gasteiger partial charge < -0.3 is 25.2 Å². The first-order chi connectivity index (χ1) is 28.1. The van der Waals surface area contributed by atoms with Crippen molar-refractivity contribution in [2.24, 2.45) is 0 Å². The number of carboxylic acid groups (broad SMARTS) is 1. The molecule has 0 bridgehead atoms. The summed E-state index contributed by atoms with van der Waals surface area (Å²) in [5.74, 6) is -2.43. The number of unbranched alkanes of at least 4 members (excludes halogenated alkanes) is 11. The number of nitrogens with one attached hydrogen (secondary N) is 1. The van der Waals surface area contributed by atoms with E-state index in [4.69, 9.17) is 13.8 Å². The van der Waals surface area contributed by atoms with Crippen LogP contribution in [-0.4, -0.2) is 64.9 Å². The summed E-state index contributed by atoms with van der Waals surface area (Å²) in [7, 11) is -4.77. The number of phosphoric acid groups is 1. The number of hydrogen-bond acceptors (Lipinski definition) is 8. The fraction of sp³-hybridized carbons (Fsp3) is 0.630. The second-order valence-electron chi connectivity index (χ2n) is 14.1. The molecule has 0 aliphatic carbocycles. The number of phosphoric ester groups is 1. The van der Waals surface area contributed by atoms with Crippen LogP contribution in [0.2, 0.25) is 0 Å². The van der Waals surface area contributed by atoms with Gasteiger partial charge in [0.15, 0.2) is 6.04 Å². The van der Waals surface area contributed by atoms with Gasteiger partial charge in [-0.1, -0.05) is 144 Å². The van der Waals surface area contributed by atoms with Crippen LogP contribution in [0.25, 0.3) is 0 Å². The van der Waals surface area contributed by atoms with Gasteiger partial charge in [0.25, 0.3) is 0 Å². The lowest BCUT2D eigenvalue weighted by atomic mass is 10.1. The number of amides is 1. The lowest BCUT2D eigenvalue weighted by Crippen LogP contribution is -2.43. The maximum absolute atomic E-state index is 12.3. The van der Waals surface area contributed by atoms with Crippen LogP contribution in [0.3, 0.4) is 0 Å². The first-order valence-corrected chi connectivity index (χ1v) is 23.1. The molecule has 0 aromatic rings. The fourth-order valence-corrected chi connectivity index (χ4v) is 6.07. The van der Waals surface area contributed by atoms with Gasteiger partial charge in [0.05, 0.1) is 13.2 Å². The number of esters is 1. The van der Waals surface area contributed by atoms with E-state index in [0.717, 1.165) is 103 Å². The van der Waals surface area contributed by atoms with Crippen molar-refractivity contribution >= 4 is 25.7 Å². The molecule has 3 atom stereocenters. The molecule has 4 N–H and O–H groups in total. The third-order valence-electron chi connectivity index (χ3n) is 8.67. The topological polar surface area (TPSA) is 169 Å². The summed E-state index contributed by atoms with van der Waals surface area (Å²) in [5, 5.41) is 21.8. The van der Waals surface area contributed by atoms with Gasteiger partial charge in [-0.05, 0) is 83.5 Å². The third-order valence-corrected chi connectivity index (χ3v) is 9.62. The van der Waals surface area contributed by atoms with E-state index in [0.29, 0.717) is 12.8 Å². The Kier molecular flexibility index (Phi) is 38.1. The molecule has 12 heteroatoms. The summed E-state index contributed by atoms with van der Waals surface area (Å²) in [6.45, 7) is 2.39. The molecule has 58 heavy (non-hydrogen) atoms. The number of rotatable bonds is 39. The molecule has 0 aromatic carbocycles. The molecule has 0 fully saturated rings. The summed E-state index contributed by atoms with van der Waals surface area (Å²) in [6, 6.07) is -1.57. The van der Waals surface area contributed by atoms with Crippen molar-refractivity contribution in [2.45, 2.75) is 167 Å². The van der Waals surface area contributed by atoms with Gasteiger partial charge in [-0.3, -0.25) is 18.6 Å². The largest absolute Gasteiger partial charge is 0.480 e. The van der Waals surface area contributed by atoms with Crippen molar-refractivity contribution in [3.8, 4) is 0 Å². The molecule has 0 saturated carbocycles. The van der Waals surface area contributed by atoms with Gasteiger partial charge >= 0.3 is 19.8 Å². The standard InChI is InChI=1S/C46H76NO10P/c1-3-5-7-9-11-13-15-16-17-18-19-20-21-22-23-24-25-26-28-29-31-33-35-37-44(49)47-43(46(51)52)41-57-58(53,54)56-40-42(48)39-55-45(50)38-36-34-32-30-27-14-12-10-8-6-4-2/h5,7,10-13,16-17,19-20,22-23,25-26,42-43,48H,3-4,6,8-9,14-15,18,21,24,27-41H2,1-2H3,(H,47,49)(H,51,52)(H,53,54)/b7-5-,12-10-,13-11-,17-16-,20-19-,23-22-,26-25-. The van der Waals surface area contributed by atoms with Gasteiger partial charge in [0.2, 0.25) is 5.91 Å². The maximum atomic E-state index is 12.3. The predicted octanol–water partition coefficient (Wildman–Crippen LogP) is 11.1. The molecule has 0 heterocycles. The van der Waals surface area contributed by atoms with E-state index in [2.05, 4.69) is 104 Å². The van der Waals surface area contributed by atoms with Crippen molar-refractivity contribution in [2.75, 3.05) is 19.8 Å². The lowest BCUT2D eigenvalue weighted by Gasteiger charge is -2.18. The molecule has 11 nitrogen and oxygen atoms in total. The van der Waals surface area contributed by atoms with Crippen LogP contribution < -0.4 is 5.32 Å². The van der Waals surface area contributed by atoms with Gasteiger partial charge in [0.1, 0.15) is 12.7 Å². The number of aliphatic hydroxyl groups is 1. The Balaban J connectivity index is 4.00. The van der Waals surface area contributed by atoms with E-state index in [-0.39, 0.29) is 12.8 Å². The van der Waals surface area contributed by atoms with Crippen LogP contribution in [0, 0.1) is 0 Å². The molecule has 3 unspecified atom stereocenters. The van der Waals surface area contributed by atoms with E-state index in [1.807, 2.05) is 0 Å². The second-order valence-corrected chi connectivity index (χ2v) is 15.6. The number of aliphatic carboxylic acids is 1. The van der Waals surface area contributed by atoms with Gasteiger partial charge in [-0.15, -0.1) is 0 Å². The average Bonchev–Trinajstić information content (AvgIpc) is 3.20. The van der Waals surface area contributed by atoms with Crippen molar-refractivity contribution < 1.29 is 47.8 Å². The monoisotopic (exact) mass is 834 g/mol. The summed E-state index contributed by atoms with van der Waals surface area (Å²) in [5.41, 5.74) is 0. The van der Waals surface area contributed by atoms with Crippen LogP contribution in [0.1, 0.15) is 155 Å². The quantitative estimate of drug-likeness (QED) is 0.0202. The zero-order valence-corrected chi connectivity index (χ0v) is 36.5. The van der Waals surface area contributed by atoms with E-state index in [9.17, 15) is 34.1 Å². The number of hydrogen-bond donors (Lipinski definition) is 4. The summed E-state index contributed by atoms with van der Waals surface area (Å²) < 4.78 is 26.8. The highest BCUT2D eigenvalue weighted by Crippen LogP contribution is 2.43. The van der Waals surface area contributed by atoms with Gasteiger partial charge in [-0.25, -0.2) is 9.36 Å². The number of carbonyl (C=O) groups is 3. The predicted molar refractivity (Wildman–Crippen MR) is 235 cm³/mol. The van der Waals surface area contributed by atoms with Crippen LogP contribution in [0.5, 0.6) is 0 Å². The maximum Gasteiger partial charge on any atom is 0.472 e. The zero-order chi connectivity index (χ0) is 42.8. The van der Waals surface area contributed by atoms with Crippen molar-refractivity contribution in [1.82, 2.24) is 5.32 Å². The average molecular weight is 834 g/mol. The third kappa shape index (κ3) is 39.5. The Morgan fingerprint density at radius 3 is 1.52 bits per heavy atom. The minimum atomic E-state index is -4.77. The van der Waals surface area contributed by atoms with E-state index < -0.39 is 57.6 Å². The van der Waals surface area contributed by atoms with Gasteiger partial charge in [-0.2, -0.15) is 0 Å². The Hall–Kier alpha value is -3.34. The molecule has 0 saturated heterocycles. The fourth-order valence-electron chi connectivity index (χ4n) is 5.30. The highest BCUT2D eigenvalue weighted by molar-refractivity contribution is 7.47. The number of carboxylic acids is 1. The van der Waals surface area contributed by atoms with Crippen LogP contribution in [0.4, 0.5) is 0 Å². The van der Waals surface area contributed by atoms with Crippen molar-refractivity contribution in [3.05, 3.63) is 85.1 Å². The molecule has 1 amide bonds. The molecule has 0 aromatic heterocycles. The summed E-state index contributed by atoms with van der Waals surface area (Å²) >= 11 is 0. The normalized spacial score (nSPS) is 14.6. The van der Waals surface area contributed by atoms with E-state index in [1.54, 1.807) is 0 Å². The van der Waals surface area contributed by atoms with Crippen molar-refractivity contribution in [3.63, 3.8) is 0 Å². The number of allylic oxidation sites excluding steroid dienone is 14. The molecule has 0 spiro atoms. The Bertz CT molecular complexity index is 1300. The number of aliphatic hydroxyl groups excluding tert-OH is 1. The highest BCUT2D eigenvalue weighted by Gasteiger charge is 2.28. The summed E-state index contributed by atoms with van der Waals surface area (Å²) in [6.07, 6.45) is 49.0. The molecule has 0 rings (SSSR count). The number of carbonyl (C=O) groups excluding carboxylic acids is 2. The second kappa shape index (κ2) is 40.4. The Labute approximate surface area is 350 Å². The molecule has 0 aliphatic heterocycles. The zero-order valence-electron chi connectivity index (χ0n) is 35.6. The molecular formula is C46H76NO10P. The molecular weight excluding hydrogens is 757 g/mol. The Morgan fingerprint density at radius 1 is 0.569 bits per heavy atom. The van der Waals surface area contributed by atoms with Crippen LogP contribution in [-0.2, 0) is 32.7 Å². The number of ether oxygens (including phenoxy) is 1. The Morgan fingerprint density at radius 2 is 1.00 bits per heavy atom. The van der Waals surface area contributed by atoms with E-state index >= 15 is 0 Å². The molecule has 0 aliphatic rings. The lowest BCUT2D eigenvalue weighted by molar-refractivity contribution is -0.147. The molecule has 330 valence electrons. The van der Waals surface area contributed by atoms with Crippen LogP contribution >= 0.6 is 7.82 Å². The first-order valence-electron chi connectivity index (χ1n) is 21.6. The van der Waals surface area contributed by atoms with Crippen molar-refractivity contribution in [1.29, 1.82) is 0 Å². The summed E-state index contributed by atoms with van der Waals surface area (Å²) in [4.78, 5) is 45.8. The first kappa shape index (κ1) is 54.7. The minimum absolute atomic E-state index is 0.110. The minimum Gasteiger partial charge on any atom is -0.480 e. The molecule has 0 radical (unpaired) electrons. The SMILES string of the molecule is CC/C=C\C/C=C\C/C=C\C/C=C\C/C=C\C/C=C\CCCCCCC(=O)NC(COP(=O)(O)OCC(O)COC(=O)CCCCCCC/C=C\CCCC)C(=O)O.